The Morgan fingerprint density at radius 2 is 1.83 bits per heavy atom. The van der Waals surface area contributed by atoms with Crippen molar-refractivity contribution in [2.75, 3.05) is 5.73 Å². The second kappa shape index (κ2) is 5.22. The molecule has 23 heavy (non-hydrogen) atoms. The minimum Gasteiger partial charge on any atom is -0.456 e. The highest BCUT2D eigenvalue weighted by Gasteiger charge is 2.16. The standard InChI is InChI=1S/C19H15N2OP/c20-12-4-6-15-17(9-12)22-18-10-13(21)5-7-16(18)19(15)11-2-1-3-14(23)8-11/h1-10,20H,21,23H2. The van der Waals surface area contributed by atoms with Gasteiger partial charge in [0.1, 0.15) is 11.3 Å². The summed E-state index contributed by atoms with van der Waals surface area (Å²) in [5, 5.41) is 10.4. The van der Waals surface area contributed by atoms with Crippen molar-refractivity contribution in [3.8, 4) is 22.5 Å². The molecule has 0 radical (unpaired) electrons. The Bertz CT molecular complexity index is 1070. The molecule has 3 N–H and O–H groups in total. The summed E-state index contributed by atoms with van der Waals surface area (Å²) in [5.74, 6) is 0.694. The Morgan fingerprint density at radius 1 is 0.957 bits per heavy atom. The van der Waals surface area contributed by atoms with Gasteiger partial charge < -0.3 is 15.6 Å². The van der Waals surface area contributed by atoms with Gasteiger partial charge in [-0.25, -0.2) is 0 Å². The first-order valence-electron chi connectivity index (χ1n) is 7.28. The van der Waals surface area contributed by atoms with Gasteiger partial charge in [0, 0.05) is 34.3 Å². The molecule has 1 heterocycles. The zero-order valence-corrected chi connectivity index (χ0v) is 13.5. The van der Waals surface area contributed by atoms with Crippen molar-refractivity contribution < 1.29 is 4.42 Å². The molecule has 3 nitrogen and oxygen atoms in total. The average molecular weight is 318 g/mol. The fourth-order valence-corrected chi connectivity index (χ4v) is 3.20. The number of hydrogen-bond acceptors (Lipinski definition) is 3. The van der Waals surface area contributed by atoms with Gasteiger partial charge in [-0.1, -0.05) is 18.2 Å². The van der Waals surface area contributed by atoms with Crippen LogP contribution in [-0.4, -0.2) is 0 Å². The number of anilines is 1. The number of nitrogen functional groups attached to an aromatic ring is 1. The lowest BCUT2D eigenvalue weighted by Gasteiger charge is -2.15. The molecule has 0 aromatic heterocycles. The summed E-state index contributed by atoms with van der Waals surface area (Å²) >= 11 is 0. The maximum atomic E-state index is 7.85. The molecule has 112 valence electrons. The fraction of sp³-hybridized carbons (Fsp3) is 0. The monoisotopic (exact) mass is 318 g/mol. The maximum absolute atomic E-state index is 7.85. The Labute approximate surface area is 135 Å². The lowest BCUT2D eigenvalue weighted by molar-refractivity contribution is 0.619. The SMILES string of the molecule is N=c1ccc2c(-c3cccc(P)c3)c3ccc(N)cc3oc-2c1. The quantitative estimate of drug-likeness (QED) is 0.319. The van der Waals surface area contributed by atoms with E-state index in [1.165, 1.54) is 0 Å². The predicted molar refractivity (Wildman–Crippen MR) is 97.9 cm³/mol. The summed E-state index contributed by atoms with van der Waals surface area (Å²) in [6.07, 6.45) is 0. The molecule has 1 aliphatic carbocycles. The summed E-state index contributed by atoms with van der Waals surface area (Å²) in [6, 6.07) is 19.5. The summed E-state index contributed by atoms with van der Waals surface area (Å²) in [7, 11) is 2.73. The summed E-state index contributed by atoms with van der Waals surface area (Å²) < 4.78 is 6.00. The van der Waals surface area contributed by atoms with Crippen LogP contribution in [0.4, 0.5) is 5.69 Å². The van der Waals surface area contributed by atoms with Crippen LogP contribution < -0.4 is 16.4 Å². The predicted octanol–water partition coefficient (Wildman–Crippen LogP) is 3.77. The number of hydrogen-bond donors (Lipinski definition) is 2. The van der Waals surface area contributed by atoms with E-state index in [0.717, 1.165) is 33.0 Å². The highest BCUT2D eigenvalue weighted by Crippen LogP contribution is 2.39. The third-order valence-corrected chi connectivity index (χ3v) is 4.28. The fourth-order valence-electron chi connectivity index (χ4n) is 2.91. The first-order chi connectivity index (χ1) is 11.1. The molecule has 0 saturated heterocycles. The van der Waals surface area contributed by atoms with Gasteiger partial charge in [0.25, 0.3) is 0 Å². The van der Waals surface area contributed by atoms with Crippen LogP contribution in [0.25, 0.3) is 33.4 Å². The molecular weight excluding hydrogens is 303 g/mol. The van der Waals surface area contributed by atoms with E-state index in [1.54, 1.807) is 12.1 Å². The number of nitrogens with two attached hydrogens (primary N) is 1. The van der Waals surface area contributed by atoms with E-state index in [9.17, 15) is 0 Å². The third-order valence-electron chi connectivity index (χ3n) is 3.92. The first-order valence-corrected chi connectivity index (χ1v) is 7.86. The lowest BCUT2D eigenvalue weighted by atomic mass is 9.93. The van der Waals surface area contributed by atoms with Crippen LogP contribution in [0.5, 0.6) is 0 Å². The third kappa shape index (κ3) is 2.39. The Kier molecular flexibility index (Phi) is 3.17. The van der Waals surface area contributed by atoms with E-state index in [4.69, 9.17) is 15.6 Å². The van der Waals surface area contributed by atoms with Gasteiger partial charge in [0.15, 0.2) is 0 Å². The largest absolute Gasteiger partial charge is 0.456 e. The lowest BCUT2D eigenvalue weighted by Crippen LogP contribution is -2.01. The van der Waals surface area contributed by atoms with Crippen LogP contribution in [0.15, 0.2) is 65.1 Å². The Balaban J connectivity index is 2.20. The smallest absolute Gasteiger partial charge is 0.137 e. The van der Waals surface area contributed by atoms with Crippen molar-refractivity contribution in [3.05, 3.63) is 66.0 Å². The molecule has 2 aliphatic rings. The van der Waals surface area contributed by atoms with E-state index >= 15 is 0 Å². The van der Waals surface area contributed by atoms with Crippen LogP contribution in [-0.2, 0) is 0 Å². The van der Waals surface area contributed by atoms with Crippen LogP contribution >= 0.6 is 9.24 Å². The molecule has 1 unspecified atom stereocenters. The number of rotatable bonds is 1. The summed E-state index contributed by atoms with van der Waals surface area (Å²) in [6.45, 7) is 0. The second-order valence-corrected chi connectivity index (χ2v) is 6.24. The van der Waals surface area contributed by atoms with Gasteiger partial charge in [-0.05, 0) is 41.2 Å². The van der Waals surface area contributed by atoms with E-state index in [1.807, 2.05) is 36.4 Å². The normalized spacial score (nSPS) is 11.2. The first kappa shape index (κ1) is 14.0. The van der Waals surface area contributed by atoms with E-state index < -0.39 is 0 Å². The molecule has 2 aromatic rings. The van der Waals surface area contributed by atoms with Crippen molar-refractivity contribution >= 4 is 31.2 Å². The highest BCUT2D eigenvalue weighted by atomic mass is 31.0. The Hall–Kier alpha value is -2.64. The van der Waals surface area contributed by atoms with Crippen molar-refractivity contribution in [2.24, 2.45) is 0 Å². The van der Waals surface area contributed by atoms with Crippen LogP contribution in [0.2, 0.25) is 0 Å². The average Bonchev–Trinajstić information content (AvgIpc) is 2.52. The van der Waals surface area contributed by atoms with Crippen LogP contribution in [0.3, 0.4) is 0 Å². The van der Waals surface area contributed by atoms with Gasteiger partial charge in [0.05, 0.1) is 5.36 Å². The minimum absolute atomic E-state index is 0.426. The molecule has 0 saturated carbocycles. The molecule has 1 aliphatic heterocycles. The van der Waals surface area contributed by atoms with Gasteiger partial charge in [-0.2, -0.15) is 0 Å². The van der Waals surface area contributed by atoms with Crippen molar-refractivity contribution in [2.45, 2.75) is 0 Å². The van der Waals surface area contributed by atoms with E-state index in [-0.39, 0.29) is 0 Å². The van der Waals surface area contributed by atoms with Crippen LogP contribution in [0, 0.1) is 5.41 Å². The van der Waals surface area contributed by atoms with E-state index in [2.05, 4.69) is 21.4 Å². The van der Waals surface area contributed by atoms with Crippen LogP contribution in [0.1, 0.15) is 0 Å². The van der Waals surface area contributed by atoms with Crippen molar-refractivity contribution in [1.29, 1.82) is 5.41 Å². The van der Waals surface area contributed by atoms with Gasteiger partial charge in [-0.3, -0.25) is 0 Å². The molecule has 0 fully saturated rings. The summed E-state index contributed by atoms with van der Waals surface area (Å²) in [4.78, 5) is 0. The molecule has 1 atom stereocenters. The van der Waals surface area contributed by atoms with Gasteiger partial charge in [-0.15, -0.1) is 9.24 Å². The number of nitrogens with one attached hydrogen (secondary N) is 1. The summed E-state index contributed by atoms with van der Waals surface area (Å²) in [5.41, 5.74) is 10.5. The molecule has 0 bridgehead atoms. The minimum atomic E-state index is 0.426. The zero-order chi connectivity index (χ0) is 16.0. The second-order valence-electron chi connectivity index (χ2n) is 5.57. The van der Waals surface area contributed by atoms with Crippen molar-refractivity contribution in [1.82, 2.24) is 0 Å². The molecule has 0 spiro atoms. The molecule has 0 amide bonds. The zero-order valence-electron chi connectivity index (χ0n) is 12.3. The maximum Gasteiger partial charge on any atom is 0.137 e. The molecule has 4 heteroatoms. The number of benzene rings is 3. The molecule has 2 aromatic carbocycles. The highest BCUT2D eigenvalue weighted by molar-refractivity contribution is 7.27. The topological polar surface area (TPSA) is 63.0 Å². The molecular formula is C19H15N2OP. The number of fused-ring (bicyclic) bond motifs is 2. The Morgan fingerprint density at radius 3 is 2.65 bits per heavy atom. The van der Waals surface area contributed by atoms with Gasteiger partial charge in [0.2, 0.25) is 0 Å². The van der Waals surface area contributed by atoms with Crippen molar-refractivity contribution in [3.63, 3.8) is 0 Å². The van der Waals surface area contributed by atoms with E-state index in [0.29, 0.717) is 16.8 Å². The molecule has 4 rings (SSSR count). The van der Waals surface area contributed by atoms with Gasteiger partial charge >= 0.3 is 0 Å².